The second-order valence-electron chi connectivity index (χ2n) is 7.94. The van der Waals surface area contributed by atoms with E-state index in [0.29, 0.717) is 28.0 Å². The predicted molar refractivity (Wildman–Crippen MR) is 128 cm³/mol. The summed E-state index contributed by atoms with van der Waals surface area (Å²) in [5.41, 5.74) is 5.28. The molecule has 0 aliphatic heterocycles. The number of nitrogens with zero attached hydrogens (tertiary/aromatic N) is 5. The zero-order chi connectivity index (χ0) is 21.9. The first-order chi connectivity index (χ1) is 14.9. The van der Waals surface area contributed by atoms with Crippen molar-refractivity contribution >= 4 is 49.2 Å². The molecule has 0 aliphatic rings. The molecule has 31 heavy (non-hydrogen) atoms. The maximum atomic E-state index is 13.7. The van der Waals surface area contributed by atoms with Crippen molar-refractivity contribution in [2.24, 2.45) is 0 Å². The number of benzene rings is 2. The first-order valence-electron chi connectivity index (χ1n) is 10.4. The summed E-state index contributed by atoms with van der Waals surface area (Å²) in [5, 5.41) is 0.514. The Labute approximate surface area is 187 Å². The van der Waals surface area contributed by atoms with Crippen LogP contribution < -0.4 is 5.56 Å². The molecule has 0 saturated heterocycles. The van der Waals surface area contributed by atoms with E-state index in [4.69, 9.17) is 15.0 Å². The third-order valence-corrected chi connectivity index (χ3v) is 6.81. The molecular weight excluding hydrogens is 454 g/mol. The van der Waals surface area contributed by atoms with Crippen LogP contribution in [0, 0.1) is 13.8 Å². The number of halogens is 1. The van der Waals surface area contributed by atoms with Gasteiger partial charge in [-0.3, -0.25) is 13.9 Å². The van der Waals surface area contributed by atoms with Gasteiger partial charge in [0.15, 0.2) is 11.3 Å². The van der Waals surface area contributed by atoms with E-state index in [9.17, 15) is 4.79 Å². The Morgan fingerprint density at radius 2 is 1.71 bits per heavy atom. The largest absolute Gasteiger partial charge is 0.293 e. The Kier molecular flexibility index (Phi) is 4.66. The van der Waals surface area contributed by atoms with Gasteiger partial charge in [0, 0.05) is 16.2 Å². The van der Waals surface area contributed by atoms with E-state index in [-0.39, 0.29) is 11.6 Å². The molecular formula is C24H22BrN5O. The topological polar surface area (TPSA) is 65.6 Å². The molecule has 0 amide bonds. The Balaban J connectivity index is 2.02. The lowest BCUT2D eigenvalue weighted by Gasteiger charge is -2.16. The molecule has 0 aliphatic carbocycles. The lowest BCUT2D eigenvalue weighted by atomic mass is 10.2. The summed E-state index contributed by atoms with van der Waals surface area (Å²) < 4.78 is 4.76. The summed E-state index contributed by atoms with van der Waals surface area (Å²) in [5.74, 6) is 0.689. The highest BCUT2D eigenvalue weighted by Crippen LogP contribution is 2.30. The van der Waals surface area contributed by atoms with E-state index >= 15 is 0 Å². The van der Waals surface area contributed by atoms with Crippen molar-refractivity contribution in [1.29, 1.82) is 0 Å². The molecule has 0 fully saturated rings. The number of fused-ring (bicyclic) bond motifs is 4. The fourth-order valence-corrected chi connectivity index (χ4v) is 4.37. The summed E-state index contributed by atoms with van der Waals surface area (Å²) in [6, 6.07) is 13.9. The van der Waals surface area contributed by atoms with Crippen LogP contribution in [0.15, 0.2) is 51.7 Å². The lowest BCUT2D eigenvalue weighted by molar-refractivity contribution is 0.497. The number of rotatable bonds is 3. The van der Waals surface area contributed by atoms with Crippen LogP contribution in [0.25, 0.3) is 38.9 Å². The van der Waals surface area contributed by atoms with Crippen molar-refractivity contribution < 1.29 is 0 Å². The van der Waals surface area contributed by atoms with Crippen molar-refractivity contribution in [2.75, 3.05) is 0 Å². The average molecular weight is 476 g/mol. The molecule has 3 aromatic heterocycles. The zero-order valence-corrected chi connectivity index (χ0v) is 19.4. The molecule has 1 atom stereocenters. The third-order valence-electron chi connectivity index (χ3n) is 5.92. The Morgan fingerprint density at radius 3 is 2.39 bits per heavy atom. The molecule has 0 unspecified atom stereocenters. The monoisotopic (exact) mass is 475 g/mol. The molecule has 6 nitrogen and oxygen atoms in total. The van der Waals surface area contributed by atoms with Gasteiger partial charge < -0.3 is 0 Å². The van der Waals surface area contributed by atoms with Gasteiger partial charge in [0.05, 0.1) is 11.0 Å². The highest BCUT2D eigenvalue weighted by atomic mass is 79.9. The van der Waals surface area contributed by atoms with Crippen LogP contribution in [0.4, 0.5) is 0 Å². The summed E-state index contributed by atoms with van der Waals surface area (Å²) in [6.07, 6.45) is 0.840. The summed E-state index contributed by atoms with van der Waals surface area (Å²) in [4.78, 5) is 28.4. The van der Waals surface area contributed by atoms with Crippen LogP contribution in [0.2, 0.25) is 0 Å². The fraction of sp³-hybridized carbons (Fsp3) is 0.250. The van der Waals surface area contributed by atoms with E-state index in [0.717, 1.165) is 33.2 Å². The molecule has 0 saturated carbocycles. The van der Waals surface area contributed by atoms with Crippen LogP contribution in [0.1, 0.15) is 37.7 Å². The van der Waals surface area contributed by atoms with Gasteiger partial charge in [0.25, 0.3) is 5.56 Å². The van der Waals surface area contributed by atoms with Crippen molar-refractivity contribution in [2.45, 2.75) is 40.2 Å². The smallest absolute Gasteiger partial charge is 0.265 e. The first-order valence-corrected chi connectivity index (χ1v) is 11.2. The fourth-order valence-electron chi connectivity index (χ4n) is 4.12. The molecule has 5 aromatic rings. The second kappa shape index (κ2) is 7.27. The minimum atomic E-state index is -0.0704. The van der Waals surface area contributed by atoms with Crippen LogP contribution in [-0.4, -0.2) is 24.1 Å². The molecule has 0 radical (unpaired) electrons. The van der Waals surface area contributed by atoms with Crippen molar-refractivity contribution in [3.63, 3.8) is 0 Å². The van der Waals surface area contributed by atoms with E-state index in [2.05, 4.69) is 28.9 Å². The van der Waals surface area contributed by atoms with Gasteiger partial charge in [-0.15, -0.1) is 0 Å². The van der Waals surface area contributed by atoms with Gasteiger partial charge in [-0.2, -0.15) is 0 Å². The Hall–Kier alpha value is -3.06. The third kappa shape index (κ3) is 2.98. The molecule has 7 heteroatoms. The van der Waals surface area contributed by atoms with Gasteiger partial charge in [-0.05, 0) is 63.1 Å². The van der Waals surface area contributed by atoms with Gasteiger partial charge in [0.1, 0.15) is 16.7 Å². The number of aromatic nitrogens is 5. The van der Waals surface area contributed by atoms with Crippen LogP contribution in [-0.2, 0) is 0 Å². The van der Waals surface area contributed by atoms with E-state index < -0.39 is 0 Å². The van der Waals surface area contributed by atoms with Gasteiger partial charge in [-0.25, -0.2) is 15.0 Å². The maximum absolute atomic E-state index is 13.7. The summed E-state index contributed by atoms with van der Waals surface area (Å²) in [7, 11) is 0. The van der Waals surface area contributed by atoms with Crippen LogP contribution in [0.3, 0.4) is 0 Å². The van der Waals surface area contributed by atoms with E-state index in [1.165, 1.54) is 0 Å². The van der Waals surface area contributed by atoms with Gasteiger partial charge >= 0.3 is 0 Å². The zero-order valence-electron chi connectivity index (χ0n) is 17.8. The molecule has 0 bridgehead atoms. The van der Waals surface area contributed by atoms with Crippen molar-refractivity contribution in [1.82, 2.24) is 24.1 Å². The van der Waals surface area contributed by atoms with Crippen LogP contribution >= 0.6 is 15.9 Å². The lowest BCUT2D eigenvalue weighted by Crippen LogP contribution is -2.26. The van der Waals surface area contributed by atoms with Gasteiger partial charge in [0.2, 0.25) is 0 Å². The highest BCUT2D eigenvalue weighted by Gasteiger charge is 2.23. The second-order valence-corrected chi connectivity index (χ2v) is 8.80. The number of hydrogen-bond acceptors (Lipinski definition) is 4. The molecule has 156 valence electrons. The minimum Gasteiger partial charge on any atom is -0.293 e. The average Bonchev–Trinajstić information content (AvgIpc) is 3.06. The Bertz CT molecular complexity index is 1550. The standard InChI is InChI=1S/C24H22BrN5O/c1-5-14(3)29-15(4)26-22-20(24(29)31)21-23(28-19-9-7-6-8-18(19)27-21)30(22)16-10-11-17(25)13(2)12-16/h6-12,14H,5H2,1-4H3/t14-/m0/s1. The maximum Gasteiger partial charge on any atom is 0.265 e. The first kappa shape index (κ1) is 19.9. The Morgan fingerprint density at radius 1 is 1.00 bits per heavy atom. The molecule has 5 rings (SSSR count). The molecule has 2 aromatic carbocycles. The van der Waals surface area contributed by atoms with Crippen LogP contribution in [0.5, 0.6) is 0 Å². The summed E-state index contributed by atoms with van der Waals surface area (Å²) >= 11 is 3.58. The predicted octanol–water partition coefficient (Wildman–Crippen LogP) is 5.63. The SMILES string of the molecule is CC[C@H](C)n1c(C)nc2c(c1=O)c1nc3ccccc3nc1n2-c1ccc(Br)c(C)c1. The minimum absolute atomic E-state index is 0.0474. The normalized spacial score (nSPS) is 12.8. The van der Waals surface area contributed by atoms with E-state index in [1.54, 1.807) is 4.57 Å². The number of para-hydroxylation sites is 2. The summed E-state index contributed by atoms with van der Waals surface area (Å²) in [6.45, 7) is 8.04. The molecule has 0 N–H and O–H groups in total. The number of aryl methyl sites for hydroxylation is 2. The quantitative estimate of drug-likeness (QED) is 0.338. The highest BCUT2D eigenvalue weighted by molar-refractivity contribution is 9.10. The van der Waals surface area contributed by atoms with Crippen molar-refractivity contribution in [3.8, 4) is 5.69 Å². The molecule has 0 spiro atoms. The van der Waals surface area contributed by atoms with E-state index in [1.807, 2.05) is 61.7 Å². The molecule has 3 heterocycles. The van der Waals surface area contributed by atoms with Gasteiger partial charge in [-0.1, -0.05) is 35.0 Å². The van der Waals surface area contributed by atoms with Crippen molar-refractivity contribution in [3.05, 3.63) is 68.7 Å². The number of hydrogen-bond donors (Lipinski definition) is 0.